The minimum absolute atomic E-state index is 0.113. The van der Waals surface area contributed by atoms with Gasteiger partial charge in [0.1, 0.15) is 0 Å². The summed E-state index contributed by atoms with van der Waals surface area (Å²) in [7, 11) is 0. The third-order valence-corrected chi connectivity index (χ3v) is 6.04. The Bertz CT molecular complexity index is 951. The first kappa shape index (κ1) is 21.4. The van der Waals surface area contributed by atoms with Crippen molar-refractivity contribution in [3.63, 3.8) is 0 Å². The molecule has 0 radical (unpaired) electrons. The Morgan fingerprint density at radius 1 is 1.21 bits per heavy atom. The molecular formula is C21H28N4O3S. The molecule has 0 spiro atoms. The predicted molar refractivity (Wildman–Crippen MR) is 115 cm³/mol. The van der Waals surface area contributed by atoms with Crippen molar-refractivity contribution in [2.45, 2.75) is 69.4 Å². The third kappa shape index (κ3) is 5.38. The number of rotatable bonds is 6. The van der Waals surface area contributed by atoms with Gasteiger partial charge in [-0.3, -0.25) is 19.5 Å². The first-order valence-electron chi connectivity index (χ1n) is 10.1. The number of amides is 3. The van der Waals surface area contributed by atoms with Crippen molar-refractivity contribution >= 4 is 34.6 Å². The van der Waals surface area contributed by atoms with Gasteiger partial charge in [0.2, 0.25) is 5.91 Å². The van der Waals surface area contributed by atoms with Gasteiger partial charge in [-0.15, -0.1) is 0 Å². The zero-order chi connectivity index (χ0) is 21.0. The predicted octanol–water partition coefficient (Wildman–Crippen LogP) is 3.30. The van der Waals surface area contributed by atoms with Gasteiger partial charge in [-0.2, -0.15) is 0 Å². The van der Waals surface area contributed by atoms with E-state index in [-0.39, 0.29) is 17.5 Å². The topological polar surface area (TPSA) is 93.1 Å². The lowest BCUT2D eigenvalue weighted by Crippen LogP contribution is -2.46. The highest BCUT2D eigenvalue weighted by atomic mass is 32.2. The summed E-state index contributed by atoms with van der Waals surface area (Å²) in [5.41, 5.74) is 0.491. The van der Waals surface area contributed by atoms with Gasteiger partial charge in [-0.25, -0.2) is 9.78 Å². The highest BCUT2D eigenvalue weighted by Gasteiger charge is 2.23. The summed E-state index contributed by atoms with van der Waals surface area (Å²) in [6.07, 6.45) is 4.11. The number of nitrogens with zero attached hydrogens (tertiary/aromatic N) is 2. The second-order valence-corrected chi connectivity index (χ2v) is 9.23. The molecule has 156 valence electrons. The molecule has 1 atom stereocenters. The van der Waals surface area contributed by atoms with Crippen LogP contribution in [0, 0.1) is 5.92 Å². The van der Waals surface area contributed by atoms with E-state index in [4.69, 9.17) is 0 Å². The van der Waals surface area contributed by atoms with Crippen LogP contribution in [0.15, 0.2) is 34.2 Å². The van der Waals surface area contributed by atoms with E-state index < -0.39 is 17.2 Å². The lowest BCUT2D eigenvalue weighted by atomic mass is 10.2. The van der Waals surface area contributed by atoms with E-state index in [1.165, 1.54) is 11.8 Å². The Labute approximate surface area is 174 Å². The standard InChI is InChI=1S/C21H28N4O3S/c1-13(2)12-25-19(27)16-10-6-7-11-17(16)23-21(25)29-14(3)18(26)24-20(28)22-15-8-4-5-9-15/h6-7,10-11,13-15H,4-5,8-9,12H2,1-3H3,(H2,22,24,26,28)/t14-/m1/s1. The van der Waals surface area contributed by atoms with Gasteiger partial charge in [0.25, 0.3) is 5.56 Å². The minimum atomic E-state index is -0.573. The van der Waals surface area contributed by atoms with Gasteiger partial charge in [0.15, 0.2) is 5.16 Å². The van der Waals surface area contributed by atoms with Crippen LogP contribution in [0.3, 0.4) is 0 Å². The second kappa shape index (κ2) is 9.43. The number of aromatic nitrogens is 2. The van der Waals surface area contributed by atoms with Crippen molar-refractivity contribution in [3.05, 3.63) is 34.6 Å². The van der Waals surface area contributed by atoms with E-state index in [9.17, 15) is 14.4 Å². The van der Waals surface area contributed by atoms with Crippen molar-refractivity contribution in [3.8, 4) is 0 Å². The Hall–Kier alpha value is -2.35. The van der Waals surface area contributed by atoms with Crippen LogP contribution in [-0.2, 0) is 11.3 Å². The van der Waals surface area contributed by atoms with E-state index in [0.29, 0.717) is 22.6 Å². The summed E-state index contributed by atoms with van der Waals surface area (Å²) < 4.78 is 1.63. The number of benzene rings is 1. The maximum Gasteiger partial charge on any atom is 0.321 e. The van der Waals surface area contributed by atoms with Crippen molar-refractivity contribution in [2.75, 3.05) is 0 Å². The molecule has 1 heterocycles. The molecule has 3 rings (SSSR count). The fraction of sp³-hybridized carbons (Fsp3) is 0.524. The van der Waals surface area contributed by atoms with Crippen molar-refractivity contribution in [1.29, 1.82) is 0 Å². The molecule has 1 saturated carbocycles. The Balaban J connectivity index is 1.76. The van der Waals surface area contributed by atoms with Crippen LogP contribution >= 0.6 is 11.8 Å². The molecule has 8 heteroatoms. The fourth-order valence-corrected chi connectivity index (χ4v) is 4.40. The molecule has 2 aromatic rings. The summed E-state index contributed by atoms with van der Waals surface area (Å²) in [6, 6.07) is 6.89. The molecule has 7 nitrogen and oxygen atoms in total. The first-order chi connectivity index (χ1) is 13.8. The molecule has 1 fully saturated rings. The van der Waals surface area contributed by atoms with E-state index in [1.54, 1.807) is 23.6 Å². The Morgan fingerprint density at radius 2 is 1.90 bits per heavy atom. The molecular weight excluding hydrogens is 388 g/mol. The quantitative estimate of drug-likeness (QED) is 0.557. The number of thioether (sulfide) groups is 1. The normalized spacial score (nSPS) is 15.6. The number of nitrogens with one attached hydrogen (secondary N) is 2. The van der Waals surface area contributed by atoms with Gasteiger partial charge in [0.05, 0.1) is 16.2 Å². The summed E-state index contributed by atoms with van der Waals surface area (Å²) in [4.78, 5) is 42.2. The molecule has 3 amide bonds. The summed E-state index contributed by atoms with van der Waals surface area (Å²) in [6.45, 7) is 6.28. The number of hydrogen-bond donors (Lipinski definition) is 2. The zero-order valence-electron chi connectivity index (χ0n) is 17.1. The Morgan fingerprint density at radius 3 is 2.59 bits per heavy atom. The second-order valence-electron chi connectivity index (χ2n) is 7.93. The monoisotopic (exact) mass is 416 g/mol. The van der Waals surface area contributed by atoms with Gasteiger partial charge >= 0.3 is 6.03 Å². The SMILES string of the molecule is CC(C)Cn1c(S[C@H](C)C(=O)NC(=O)NC2CCCC2)nc2ccccc2c1=O. The number of fused-ring (bicyclic) bond motifs is 1. The zero-order valence-corrected chi connectivity index (χ0v) is 17.9. The molecule has 1 aliphatic rings. The molecule has 0 aliphatic heterocycles. The van der Waals surface area contributed by atoms with Crippen molar-refractivity contribution < 1.29 is 9.59 Å². The van der Waals surface area contributed by atoms with E-state index in [1.807, 2.05) is 26.0 Å². The van der Waals surface area contributed by atoms with Gasteiger partial charge in [0, 0.05) is 12.6 Å². The summed E-state index contributed by atoms with van der Waals surface area (Å²) >= 11 is 1.19. The minimum Gasteiger partial charge on any atom is -0.335 e. The largest absolute Gasteiger partial charge is 0.335 e. The number of para-hydroxylation sites is 1. The van der Waals surface area contributed by atoms with Crippen LogP contribution in [0.4, 0.5) is 4.79 Å². The van der Waals surface area contributed by atoms with Crippen LogP contribution in [0.2, 0.25) is 0 Å². The average Bonchev–Trinajstić information content (AvgIpc) is 3.17. The van der Waals surface area contributed by atoms with Crippen LogP contribution < -0.4 is 16.2 Å². The molecule has 29 heavy (non-hydrogen) atoms. The smallest absolute Gasteiger partial charge is 0.321 e. The Kier molecular flexibility index (Phi) is 6.95. The highest BCUT2D eigenvalue weighted by Crippen LogP contribution is 2.23. The molecule has 1 aliphatic carbocycles. The van der Waals surface area contributed by atoms with E-state index >= 15 is 0 Å². The average molecular weight is 417 g/mol. The molecule has 0 saturated heterocycles. The summed E-state index contributed by atoms with van der Waals surface area (Å²) in [5, 5.41) is 5.74. The maximum absolute atomic E-state index is 13.0. The van der Waals surface area contributed by atoms with Crippen molar-refractivity contribution in [2.24, 2.45) is 5.92 Å². The first-order valence-corrected chi connectivity index (χ1v) is 11.0. The van der Waals surface area contributed by atoms with E-state index in [2.05, 4.69) is 15.6 Å². The van der Waals surface area contributed by atoms with Gasteiger partial charge < -0.3 is 5.32 Å². The number of carbonyl (C=O) groups excluding carboxylic acids is 2. The molecule has 1 aromatic carbocycles. The number of urea groups is 1. The van der Waals surface area contributed by atoms with Crippen LogP contribution in [0.5, 0.6) is 0 Å². The molecule has 0 bridgehead atoms. The van der Waals surface area contributed by atoms with Crippen LogP contribution in [-0.4, -0.2) is 32.8 Å². The number of hydrogen-bond acceptors (Lipinski definition) is 5. The summed E-state index contributed by atoms with van der Waals surface area (Å²) in [5.74, 6) is -0.152. The lowest BCUT2D eigenvalue weighted by molar-refractivity contribution is -0.119. The van der Waals surface area contributed by atoms with E-state index in [0.717, 1.165) is 25.7 Å². The third-order valence-electron chi connectivity index (χ3n) is 4.95. The van der Waals surface area contributed by atoms with Gasteiger partial charge in [-0.1, -0.05) is 50.6 Å². The lowest BCUT2D eigenvalue weighted by Gasteiger charge is -2.18. The highest BCUT2D eigenvalue weighted by molar-refractivity contribution is 8.00. The van der Waals surface area contributed by atoms with Crippen LogP contribution in [0.25, 0.3) is 10.9 Å². The molecule has 2 N–H and O–H groups in total. The molecule has 0 unspecified atom stereocenters. The van der Waals surface area contributed by atoms with Gasteiger partial charge in [-0.05, 0) is 37.8 Å². The maximum atomic E-state index is 13.0. The van der Waals surface area contributed by atoms with Crippen molar-refractivity contribution in [1.82, 2.24) is 20.2 Å². The number of carbonyl (C=O) groups is 2. The fourth-order valence-electron chi connectivity index (χ4n) is 3.48. The molecule has 1 aromatic heterocycles. The number of imide groups is 1. The van der Waals surface area contributed by atoms with Crippen LogP contribution in [0.1, 0.15) is 46.5 Å².